The fourth-order valence-corrected chi connectivity index (χ4v) is 3.53. The summed E-state index contributed by atoms with van der Waals surface area (Å²) >= 11 is 0. The SMILES string of the molecule is CNC(=O)C1CN(C(=O)Cn2nc(C)cc2C)CCN1Cc1ccccc1. The van der Waals surface area contributed by atoms with E-state index in [0.717, 1.165) is 17.0 Å². The molecule has 1 aromatic heterocycles. The average molecular weight is 369 g/mol. The summed E-state index contributed by atoms with van der Waals surface area (Å²) in [7, 11) is 1.64. The molecule has 7 nitrogen and oxygen atoms in total. The standard InChI is InChI=1S/C20H27N5O2/c1-15-11-16(2)25(22-15)14-19(26)24-10-9-23(18(13-24)20(27)21-3)12-17-7-5-4-6-8-17/h4-8,11,18H,9-10,12-14H2,1-3H3,(H,21,27). The maximum atomic E-state index is 12.8. The van der Waals surface area contributed by atoms with E-state index in [2.05, 4.69) is 27.4 Å². The number of nitrogens with one attached hydrogen (secondary N) is 1. The van der Waals surface area contributed by atoms with Crippen LogP contribution in [-0.4, -0.2) is 64.1 Å². The maximum absolute atomic E-state index is 12.8. The van der Waals surface area contributed by atoms with Crippen molar-refractivity contribution in [3.05, 3.63) is 53.3 Å². The third-order valence-electron chi connectivity index (χ3n) is 5.01. The first-order valence-electron chi connectivity index (χ1n) is 9.26. The van der Waals surface area contributed by atoms with Gasteiger partial charge in [-0.2, -0.15) is 5.10 Å². The van der Waals surface area contributed by atoms with Crippen LogP contribution in [0, 0.1) is 13.8 Å². The van der Waals surface area contributed by atoms with Crippen molar-refractivity contribution in [1.82, 2.24) is 24.9 Å². The highest BCUT2D eigenvalue weighted by atomic mass is 16.2. The molecule has 3 rings (SSSR count). The lowest BCUT2D eigenvalue weighted by Crippen LogP contribution is -2.59. The number of benzene rings is 1. The van der Waals surface area contributed by atoms with Gasteiger partial charge >= 0.3 is 0 Å². The molecule has 0 aliphatic carbocycles. The molecule has 1 aliphatic heterocycles. The van der Waals surface area contributed by atoms with Crippen LogP contribution in [0.25, 0.3) is 0 Å². The van der Waals surface area contributed by atoms with Crippen molar-refractivity contribution < 1.29 is 9.59 Å². The molecule has 1 aromatic carbocycles. The second kappa shape index (κ2) is 8.35. The Morgan fingerprint density at radius 2 is 1.93 bits per heavy atom. The van der Waals surface area contributed by atoms with Crippen LogP contribution in [0.5, 0.6) is 0 Å². The second-order valence-corrected chi connectivity index (χ2v) is 7.01. The first kappa shape index (κ1) is 19.1. The van der Waals surface area contributed by atoms with E-state index in [-0.39, 0.29) is 24.4 Å². The van der Waals surface area contributed by atoms with Crippen molar-refractivity contribution in [2.45, 2.75) is 33.0 Å². The van der Waals surface area contributed by atoms with Gasteiger partial charge in [0.1, 0.15) is 12.6 Å². The predicted molar refractivity (Wildman–Crippen MR) is 103 cm³/mol. The van der Waals surface area contributed by atoms with Gasteiger partial charge in [0.2, 0.25) is 11.8 Å². The van der Waals surface area contributed by atoms with Crippen LogP contribution in [0.1, 0.15) is 17.0 Å². The minimum Gasteiger partial charge on any atom is -0.358 e. The Morgan fingerprint density at radius 1 is 1.19 bits per heavy atom. The van der Waals surface area contributed by atoms with Gasteiger partial charge < -0.3 is 10.2 Å². The number of carbonyl (C=O) groups is 2. The smallest absolute Gasteiger partial charge is 0.244 e. The number of amides is 2. The number of aryl methyl sites for hydroxylation is 2. The van der Waals surface area contributed by atoms with Gasteiger partial charge in [0.25, 0.3) is 0 Å². The van der Waals surface area contributed by atoms with E-state index in [1.807, 2.05) is 38.1 Å². The third-order valence-corrected chi connectivity index (χ3v) is 5.01. The van der Waals surface area contributed by atoms with Crippen molar-refractivity contribution in [2.75, 3.05) is 26.7 Å². The summed E-state index contributed by atoms with van der Waals surface area (Å²) in [5.41, 5.74) is 3.02. The molecule has 0 spiro atoms. The molecule has 2 heterocycles. The number of rotatable bonds is 5. The largest absolute Gasteiger partial charge is 0.358 e. The number of piperazine rings is 1. The molecule has 0 saturated carbocycles. The van der Waals surface area contributed by atoms with E-state index in [9.17, 15) is 9.59 Å². The van der Waals surface area contributed by atoms with E-state index in [4.69, 9.17) is 0 Å². The Kier molecular flexibility index (Phi) is 5.91. The number of likely N-dealkylation sites (N-methyl/N-ethyl adjacent to an activating group) is 1. The molecule has 2 amide bonds. The fraction of sp³-hybridized carbons (Fsp3) is 0.450. The van der Waals surface area contributed by atoms with Gasteiger partial charge in [-0.05, 0) is 25.5 Å². The lowest BCUT2D eigenvalue weighted by Gasteiger charge is -2.40. The number of nitrogens with zero attached hydrogens (tertiary/aromatic N) is 4. The van der Waals surface area contributed by atoms with Gasteiger partial charge in [0.05, 0.1) is 5.69 Å². The summed E-state index contributed by atoms with van der Waals surface area (Å²) in [5.74, 6) is -0.0657. The lowest BCUT2D eigenvalue weighted by molar-refractivity contribution is -0.139. The summed E-state index contributed by atoms with van der Waals surface area (Å²) in [5, 5.41) is 7.10. The molecule has 144 valence electrons. The fourth-order valence-electron chi connectivity index (χ4n) is 3.53. The molecule has 1 aliphatic rings. The molecule has 0 bridgehead atoms. The molecule has 1 fully saturated rings. The van der Waals surface area contributed by atoms with Crippen molar-refractivity contribution in [3.63, 3.8) is 0 Å². The van der Waals surface area contributed by atoms with Gasteiger partial charge in [-0.1, -0.05) is 30.3 Å². The maximum Gasteiger partial charge on any atom is 0.244 e. The Hall–Kier alpha value is -2.67. The van der Waals surface area contributed by atoms with Crippen molar-refractivity contribution >= 4 is 11.8 Å². The molecule has 27 heavy (non-hydrogen) atoms. The van der Waals surface area contributed by atoms with Crippen molar-refractivity contribution in [2.24, 2.45) is 0 Å². The van der Waals surface area contributed by atoms with Crippen LogP contribution in [0.15, 0.2) is 36.4 Å². The molecule has 1 saturated heterocycles. The monoisotopic (exact) mass is 369 g/mol. The highest BCUT2D eigenvalue weighted by molar-refractivity contribution is 5.83. The summed E-state index contributed by atoms with van der Waals surface area (Å²) in [4.78, 5) is 29.1. The van der Waals surface area contributed by atoms with Crippen molar-refractivity contribution in [1.29, 1.82) is 0 Å². The number of hydrogen-bond acceptors (Lipinski definition) is 4. The van der Waals surface area contributed by atoms with E-state index in [1.54, 1.807) is 16.6 Å². The molecular weight excluding hydrogens is 342 g/mol. The van der Waals surface area contributed by atoms with Crippen LogP contribution in [-0.2, 0) is 22.7 Å². The molecular formula is C20H27N5O2. The van der Waals surface area contributed by atoms with Crippen LogP contribution in [0.2, 0.25) is 0 Å². The Labute approximate surface area is 159 Å². The molecule has 1 unspecified atom stereocenters. The zero-order valence-corrected chi connectivity index (χ0v) is 16.2. The topological polar surface area (TPSA) is 70.5 Å². The first-order chi connectivity index (χ1) is 13.0. The summed E-state index contributed by atoms with van der Waals surface area (Å²) in [6.07, 6.45) is 0. The highest BCUT2D eigenvalue weighted by Gasteiger charge is 2.33. The van der Waals surface area contributed by atoms with Gasteiger partial charge in [0, 0.05) is 38.9 Å². The quantitative estimate of drug-likeness (QED) is 0.852. The van der Waals surface area contributed by atoms with Gasteiger partial charge in [-0.25, -0.2) is 0 Å². The normalized spacial score (nSPS) is 17.7. The van der Waals surface area contributed by atoms with Crippen LogP contribution in [0.4, 0.5) is 0 Å². The average Bonchev–Trinajstić information content (AvgIpc) is 2.99. The Bertz CT molecular complexity index is 802. The second-order valence-electron chi connectivity index (χ2n) is 7.01. The van der Waals surface area contributed by atoms with Gasteiger partial charge in [-0.3, -0.25) is 19.2 Å². The number of aromatic nitrogens is 2. The minimum absolute atomic E-state index is 0.00513. The van der Waals surface area contributed by atoms with E-state index in [1.165, 1.54) is 0 Å². The number of carbonyl (C=O) groups excluding carboxylic acids is 2. The van der Waals surface area contributed by atoms with Crippen molar-refractivity contribution in [3.8, 4) is 0 Å². The predicted octanol–water partition coefficient (Wildman–Crippen LogP) is 0.959. The summed E-state index contributed by atoms with van der Waals surface area (Å²) < 4.78 is 1.73. The molecule has 7 heteroatoms. The summed E-state index contributed by atoms with van der Waals surface area (Å²) in [6, 6.07) is 11.7. The summed E-state index contributed by atoms with van der Waals surface area (Å²) in [6.45, 7) is 6.42. The molecule has 2 aromatic rings. The van der Waals surface area contributed by atoms with Gasteiger partial charge in [0.15, 0.2) is 0 Å². The van der Waals surface area contributed by atoms with Crippen LogP contribution >= 0.6 is 0 Å². The number of hydrogen-bond donors (Lipinski definition) is 1. The molecule has 1 atom stereocenters. The minimum atomic E-state index is -0.353. The van der Waals surface area contributed by atoms with E-state index >= 15 is 0 Å². The van der Waals surface area contributed by atoms with Crippen LogP contribution in [0.3, 0.4) is 0 Å². The van der Waals surface area contributed by atoms with Gasteiger partial charge in [-0.15, -0.1) is 0 Å². The zero-order chi connectivity index (χ0) is 19.4. The zero-order valence-electron chi connectivity index (χ0n) is 16.2. The first-order valence-corrected chi connectivity index (χ1v) is 9.26. The molecule has 1 N–H and O–H groups in total. The van der Waals surface area contributed by atoms with E-state index < -0.39 is 0 Å². The van der Waals surface area contributed by atoms with E-state index in [0.29, 0.717) is 26.2 Å². The highest BCUT2D eigenvalue weighted by Crippen LogP contribution is 2.15. The Morgan fingerprint density at radius 3 is 2.56 bits per heavy atom. The lowest BCUT2D eigenvalue weighted by atomic mass is 10.1. The molecule has 0 radical (unpaired) electrons. The van der Waals surface area contributed by atoms with Crippen LogP contribution < -0.4 is 5.32 Å². The third kappa shape index (κ3) is 4.54. The Balaban J connectivity index is 1.69.